The normalized spacial score (nSPS) is 34.6. The van der Waals surface area contributed by atoms with Crippen LogP contribution in [0.3, 0.4) is 0 Å². The van der Waals surface area contributed by atoms with Gasteiger partial charge in [-0.15, -0.1) is 0 Å². The maximum Gasteiger partial charge on any atom is 0.411 e. The molecule has 7 rings (SSSR count). The summed E-state index contributed by atoms with van der Waals surface area (Å²) < 4.78 is 18.2. The highest BCUT2D eigenvalue weighted by atomic mass is 16.6. The molecule has 1 aliphatic heterocycles. The zero-order valence-electron chi connectivity index (χ0n) is 32.4. The first-order valence-electron chi connectivity index (χ1n) is 20.3. The first kappa shape index (κ1) is 38.0. The number of anilines is 2. The Morgan fingerprint density at radius 2 is 1.57 bits per heavy atom. The zero-order chi connectivity index (χ0) is 37.9. The summed E-state index contributed by atoms with van der Waals surface area (Å²) in [6.45, 7) is 8.76. The van der Waals surface area contributed by atoms with Gasteiger partial charge in [-0.3, -0.25) is 20.4 Å². The fourth-order valence-corrected chi connectivity index (χ4v) is 11.6. The van der Waals surface area contributed by atoms with Crippen molar-refractivity contribution < 1.29 is 28.6 Å². The van der Waals surface area contributed by atoms with Crippen LogP contribution in [0.25, 0.3) is 0 Å². The van der Waals surface area contributed by atoms with Crippen LogP contribution in [0.15, 0.2) is 65.7 Å². The van der Waals surface area contributed by atoms with Gasteiger partial charge in [0.1, 0.15) is 12.2 Å². The first-order valence-corrected chi connectivity index (χ1v) is 20.3. The Hall–Kier alpha value is -4.28. The van der Waals surface area contributed by atoms with Gasteiger partial charge in [0.2, 0.25) is 0 Å². The van der Waals surface area contributed by atoms with E-state index in [1.165, 1.54) is 7.11 Å². The number of fused-ring (bicyclic) bond motifs is 5. The Balaban J connectivity index is 1.21. The smallest absolute Gasteiger partial charge is 0.411 e. The number of carbonyl (C=O) groups excluding carboxylic acids is 3. The summed E-state index contributed by atoms with van der Waals surface area (Å²) in [7, 11) is 1.44. The van der Waals surface area contributed by atoms with Gasteiger partial charge in [-0.1, -0.05) is 57.2 Å². The molecule has 2 amide bonds. The molecule has 4 fully saturated rings. The van der Waals surface area contributed by atoms with Crippen LogP contribution >= 0.6 is 0 Å². The van der Waals surface area contributed by atoms with Crippen LogP contribution in [0.2, 0.25) is 0 Å². The van der Waals surface area contributed by atoms with E-state index in [9.17, 15) is 14.4 Å². The van der Waals surface area contributed by atoms with Crippen molar-refractivity contribution in [1.82, 2.24) is 10.6 Å². The lowest BCUT2D eigenvalue weighted by molar-refractivity contribution is -0.200. The van der Waals surface area contributed by atoms with Gasteiger partial charge in [0.15, 0.2) is 5.96 Å². The number of amides is 2. The third-order valence-corrected chi connectivity index (χ3v) is 14.3. The molecule has 0 bridgehead atoms. The van der Waals surface area contributed by atoms with E-state index in [1.54, 1.807) is 0 Å². The second-order valence-corrected chi connectivity index (χ2v) is 17.1. The largest absolute Gasteiger partial charge is 0.469 e. The maximum atomic E-state index is 13.8. The number of benzene rings is 2. The molecule has 54 heavy (non-hydrogen) atoms. The SMILES string of the molecule is COC(=O)CC[C@@H](C)[C@H]1CC[C@H]2[C@@H]3[C@H](OC(=O)Nc4ccccc4)C[C@@H]4C[C@H](NC5=NCCCN5)CC[C@]4(C)[C@H]3C[C@H](OC(=O)Nc3ccccc3)[C@]12C. The molecule has 0 radical (unpaired) electrons. The molecule has 2 aromatic carbocycles. The molecular formula is C43H59N5O6. The molecule has 1 heterocycles. The summed E-state index contributed by atoms with van der Waals surface area (Å²) >= 11 is 0. The number of guanidine groups is 1. The zero-order valence-corrected chi connectivity index (χ0v) is 32.4. The molecule has 4 aliphatic carbocycles. The van der Waals surface area contributed by atoms with Crippen LogP contribution in [-0.2, 0) is 19.0 Å². The summed E-state index contributed by atoms with van der Waals surface area (Å²) in [5.74, 6) is 1.81. The summed E-state index contributed by atoms with van der Waals surface area (Å²) in [6, 6.07) is 19.2. The number of para-hydroxylation sites is 2. The van der Waals surface area contributed by atoms with E-state index in [-0.39, 0.29) is 59.2 Å². The van der Waals surface area contributed by atoms with E-state index in [1.807, 2.05) is 60.7 Å². The molecule has 0 unspecified atom stereocenters. The van der Waals surface area contributed by atoms with Gasteiger partial charge >= 0.3 is 18.2 Å². The van der Waals surface area contributed by atoms with Crippen molar-refractivity contribution in [2.45, 2.75) is 103 Å². The van der Waals surface area contributed by atoms with Crippen LogP contribution < -0.4 is 21.3 Å². The van der Waals surface area contributed by atoms with Gasteiger partial charge in [0, 0.05) is 48.3 Å². The molecule has 11 atom stereocenters. The standard InChI is InChI=1S/C43H59N5O6/c1-27(16-19-37(49)52-4)32-17-18-33-38-34(26-36(43(32,33)3)54-41(51)48-30-14-9-6-10-15-30)42(2)21-20-31(46-39-44-22-11-23-45-39)24-28(42)25-35(38)53-40(50)47-29-12-7-5-8-13-29/h5-10,12-15,27-28,31-36,38H,11,16-26H2,1-4H3,(H,47,50)(H,48,51)(H2,44,45,46)/t27-,28+,31-,32-,33+,34+,35-,36+,38+,42+,43-/m1/s1. The number of nitrogens with zero attached hydrogens (tertiary/aromatic N) is 1. The number of esters is 1. The average molecular weight is 742 g/mol. The molecule has 0 spiro atoms. The van der Waals surface area contributed by atoms with Crippen molar-refractivity contribution in [2.75, 3.05) is 30.8 Å². The third-order valence-electron chi connectivity index (χ3n) is 14.3. The highest BCUT2D eigenvalue weighted by molar-refractivity contribution is 5.85. The van der Waals surface area contributed by atoms with Crippen LogP contribution in [0.4, 0.5) is 21.0 Å². The van der Waals surface area contributed by atoms with Crippen molar-refractivity contribution in [3.05, 3.63) is 60.7 Å². The lowest BCUT2D eigenvalue weighted by Crippen LogP contribution is -2.64. The van der Waals surface area contributed by atoms with Crippen molar-refractivity contribution >= 4 is 35.5 Å². The topological polar surface area (TPSA) is 139 Å². The molecule has 2 aromatic rings. The molecule has 0 saturated heterocycles. The molecule has 11 nitrogen and oxygen atoms in total. The van der Waals surface area contributed by atoms with Crippen LogP contribution in [-0.4, -0.2) is 62.6 Å². The molecule has 4 N–H and O–H groups in total. The molecule has 11 heteroatoms. The van der Waals surface area contributed by atoms with E-state index in [4.69, 9.17) is 19.2 Å². The summed E-state index contributed by atoms with van der Waals surface area (Å²) in [4.78, 5) is 44.5. The average Bonchev–Trinajstić information content (AvgIpc) is 3.53. The van der Waals surface area contributed by atoms with E-state index < -0.39 is 17.6 Å². The van der Waals surface area contributed by atoms with Gasteiger partial charge in [0.25, 0.3) is 0 Å². The van der Waals surface area contributed by atoms with Crippen molar-refractivity contribution in [3.8, 4) is 0 Å². The molecule has 292 valence electrons. The fraction of sp³-hybridized carbons (Fsp3) is 0.628. The number of rotatable bonds is 9. The van der Waals surface area contributed by atoms with E-state index >= 15 is 0 Å². The highest BCUT2D eigenvalue weighted by Gasteiger charge is 2.67. The predicted octanol–water partition coefficient (Wildman–Crippen LogP) is 8.00. The maximum absolute atomic E-state index is 13.8. The minimum Gasteiger partial charge on any atom is -0.469 e. The van der Waals surface area contributed by atoms with Gasteiger partial charge in [-0.05, 0) is 117 Å². The number of ether oxygens (including phenoxy) is 3. The van der Waals surface area contributed by atoms with Crippen molar-refractivity contribution in [1.29, 1.82) is 0 Å². The van der Waals surface area contributed by atoms with E-state index in [0.717, 1.165) is 64.0 Å². The van der Waals surface area contributed by atoms with Crippen molar-refractivity contribution in [3.63, 3.8) is 0 Å². The number of methoxy groups -OCH3 is 1. The second-order valence-electron chi connectivity index (χ2n) is 17.1. The summed E-state index contributed by atoms with van der Waals surface area (Å²) in [5.41, 5.74) is 0.968. The third kappa shape index (κ3) is 7.78. The van der Waals surface area contributed by atoms with Gasteiger partial charge < -0.3 is 24.8 Å². The van der Waals surface area contributed by atoms with Gasteiger partial charge in [-0.25, -0.2) is 9.59 Å². The van der Waals surface area contributed by atoms with Crippen molar-refractivity contribution in [2.24, 2.45) is 51.3 Å². The Morgan fingerprint density at radius 1 is 0.889 bits per heavy atom. The monoisotopic (exact) mass is 741 g/mol. The number of hydrogen-bond acceptors (Lipinski definition) is 9. The van der Waals surface area contributed by atoms with Crippen LogP contribution in [0.1, 0.15) is 85.0 Å². The minimum atomic E-state index is -0.446. The van der Waals surface area contributed by atoms with Gasteiger partial charge in [-0.2, -0.15) is 0 Å². The fourth-order valence-electron chi connectivity index (χ4n) is 11.6. The predicted molar refractivity (Wildman–Crippen MR) is 209 cm³/mol. The number of hydrogen-bond donors (Lipinski definition) is 4. The van der Waals surface area contributed by atoms with E-state index in [2.05, 4.69) is 42.0 Å². The molecule has 4 saturated carbocycles. The Morgan fingerprint density at radius 3 is 2.22 bits per heavy atom. The Bertz CT molecular complexity index is 1660. The Labute approximate surface area is 320 Å². The lowest BCUT2D eigenvalue weighted by atomic mass is 9.43. The lowest BCUT2D eigenvalue weighted by Gasteiger charge is -2.64. The van der Waals surface area contributed by atoms with Crippen LogP contribution in [0.5, 0.6) is 0 Å². The number of aliphatic imine (C=N–C) groups is 1. The first-order chi connectivity index (χ1) is 26.1. The second kappa shape index (κ2) is 16.2. The minimum absolute atomic E-state index is 0.0339. The number of nitrogens with one attached hydrogen (secondary N) is 4. The molecule has 0 aromatic heterocycles. The van der Waals surface area contributed by atoms with Crippen LogP contribution in [0, 0.1) is 46.3 Å². The highest BCUT2D eigenvalue weighted by Crippen LogP contribution is 2.69. The molecule has 5 aliphatic rings. The summed E-state index contributed by atoms with van der Waals surface area (Å²) in [5, 5.41) is 13.1. The molecular weight excluding hydrogens is 683 g/mol. The van der Waals surface area contributed by atoms with E-state index in [0.29, 0.717) is 36.6 Å². The van der Waals surface area contributed by atoms with Gasteiger partial charge in [0.05, 0.1) is 7.11 Å². The number of carbonyl (C=O) groups is 3. The quantitative estimate of drug-likeness (QED) is 0.150. The summed E-state index contributed by atoms with van der Waals surface area (Å²) in [6.07, 6.45) is 6.95. The Kier molecular flexibility index (Phi) is 11.4.